The molecule has 0 unspecified atom stereocenters. The van der Waals surface area contributed by atoms with E-state index in [0.717, 1.165) is 18.0 Å². The molecule has 0 aliphatic heterocycles. The van der Waals surface area contributed by atoms with Crippen LogP contribution in [0, 0.1) is 0 Å². The van der Waals surface area contributed by atoms with Crippen LogP contribution in [0.2, 0.25) is 29.6 Å². The maximum absolute atomic E-state index is 5.99. The van der Waals surface area contributed by atoms with Crippen molar-refractivity contribution in [3.8, 4) is 0 Å². The summed E-state index contributed by atoms with van der Waals surface area (Å²) in [7, 11) is -0.233. The lowest BCUT2D eigenvalue weighted by Gasteiger charge is -2.07. The van der Waals surface area contributed by atoms with Crippen molar-refractivity contribution in [2.45, 2.75) is 25.9 Å². The van der Waals surface area contributed by atoms with E-state index in [1.165, 1.54) is 0 Å². The molecule has 0 fully saturated rings. The van der Waals surface area contributed by atoms with Crippen molar-refractivity contribution < 1.29 is 4.74 Å². The van der Waals surface area contributed by atoms with Gasteiger partial charge in [0.25, 0.3) is 0 Å². The Labute approximate surface area is 117 Å². The zero-order chi connectivity index (χ0) is 13.1. The lowest BCUT2D eigenvalue weighted by molar-refractivity contribution is 0.0902. The van der Waals surface area contributed by atoms with Crippen molar-refractivity contribution in [3.63, 3.8) is 0 Å². The molecule has 97 valence electrons. The Morgan fingerprint density at radius 3 is 2.83 bits per heavy atom. The molecule has 0 aliphatic carbocycles. The first-order valence-electron chi connectivity index (χ1n) is 5.62. The van der Waals surface area contributed by atoms with E-state index in [0.29, 0.717) is 17.5 Å². The van der Waals surface area contributed by atoms with Crippen LogP contribution in [-0.2, 0) is 11.5 Å². The van der Waals surface area contributed by atoms with E-state index in [1.807, 2.05) is 16.8 Å². The summed E-state index contributed by atoms with van der Waals surface area (Å²) in [6.07, 6.45) is 1.88. The Morgan fingerprint density at radius 1 is 1.33 bits per heavy atom. The van der Waals surface area contributed by atoms with Gasteiger partial charge in [0.15, 0.2) is 0 Å². The van der Waals surface area contributed by atoms with Crippen LogP contribution in [-0.4, -0.2) is 29.9 Å². The van der Waals surface area contributed by atoms with Gasteiger partial charge in [0.2, 0.25) is 5.28 Å². The van der Waals surface area contributed by atoms with Crippen LogP contribution in [0.4, 0.5) is 0 Å². The fourth-order valence-corrected chi connectivity index (χ4v) is 2.53. The predicted molar refractivity (Wildman–Crippen MR) is 75.8 cm³/mol. The van der Waals surface area contributed by atoms with Crippen LogP contribution < -0.4 is 0 Å². The summed E-state index contributed by atoms with van der Waals surface area (Å²) in [4.78, 5) is 8.07. The summed E-state index contributed by atoms with van der Waals surface area (Å²) in [6.45, 7) is 5.77. The second-order valence-electron chi connectivity index (χ2n) is 4.30. The minimum absolute atomic E-state index is 0.153. The van der Waals surface area contributed by atoms with E-state index in [1.54, 1.807) is 0 Å². The monoisotopic (exact) mass is 302 g/mol. The molecule has 2 aromatic heterocycles. The number of nitrogens with zero attached hydrogens (tertiary/aromatic N) is 3. The van der Waals surface area contributed by atoms with E-state index in [9.17, 15) is 0 Å². The molecule has 0 saturated heterocycles. The molecule has 0 saturated carbocycles. The SMILES string of the molecule is C[Si](C)CCOCn1ccc2c(Cl)nc(Cl)nc21. The largest absolute Gasteiger partial charge is 0.361 e. The summed E-state index contributed by atoms with van der Waals surface area (Å²) in [6, 6.07) is 3.01. The summed E-state index contributed by atoms with van der Waals surface area (Å²) in [5.74, 6) is 0. The number of aromatic nitrogens is 3. The average Bonchev–Trinajstić information content (AvgIpc) is 2.67. The van der Waals surface area contributed by atoms with Crippen molar-refractivity contribution in [1.29, 1.82) is 0 Å². The van der Waals surface area contributed by atoms with Gasteiger partial charge in [-0.05, 0) is 23.7 Å². The van der Waals surface area contributed by atoms with Gasteiger partial charge in [-0.25, -0.2) is 4.98 Å². The maximum atomic E-state index is 5.99. The molecule has 0 aliphatic rings. The van der Waals surface area contributed by atoms with Gasteiger partial charge in [0.1, 0.15) is 17.5 Å². The highest BCUT2D eigenvalue weighted by Crippen LogP contribution is 2.22. The van der Waals surface area contributed by atoms with Crippen LogP contribution in [0.5, 0.6) is 0 Å². The second kappa shape index (κ2) is 6.01. The molecule has 0 bridgehead atoms. The molecule has 18 heavy (non-hydrogen) atoms. The first-order valence-corrected chi connectivity index (χ1v) is 9.09. The Kier molecular flexibility index (Phi) is 4.61. The van der Waals surface area contributed by atoms with Crippen molar-refractivity contribution in [1.82, 2.24) is 14.5 Å². The molecule has 0 N–H and O–H groups in total. The third kappa shape index (κ3) is 3.23. The van der Waals surface area contributed by atoms with E-state index >= 15 is 0 Å². The summed E-state index contributed by atoms with van der Waals surface area (Å²) in [5.41, 5.74) is 0.707. The van der Waals surface area contributed by atoms with Gasteiger partial charge in [-0.2, -0.15) is 4.98 Å². The number of hydrogen-bond acceptors (Lipinski definition) is 3. The van der Waals surface area contributed by atoms with Gasteiger partial charge in [-0.15, -0.1) is 0 Å². The Bertz CT molecular complexity index is 544. The minimum Gasteiger partial charge on any atom is -0.361 e. The first kappa shape index (κ1) is 13.8. The van der Waals surface area contributed by atoms with Crippen LogP contribution in [0.15, 0.2) is 12.3 Å². The highest BCUT2D eigenvalue weighted by atomic mass is 35.5. The fourth-order valence-electron chi connectivity index (χ4n) is 1.55. The van der Waals surface area contributed by atoms with Crippen molar-refractivity contribution in [2.24, 2.45) is 0 Å². The molecule has 4 nitrogen and oxygen atoms in total. The summed E-state index contributed by atoms with van der Waals surface area (Å²) in [5, 5.41) is 1.32. The lowest BCUT2D eigenvalue weighted by atomic mass is 10.4. The van der Waals surface area contributed by atoms with Crippen LogP contribution in [0.1, 0.15) is 0 Å². The molecule has 1 radical (unpaired) electrons. The zero-order valence-electron chi connectivity index (χ0n) is 10.3. The van der Waals surface area contributed by atoms with Crippen LogP contribution in [0.3, 0.4) is 0 Å². The van der Waals surface area contributed by atoms with Gasteiger partial charge in [-0.1, -0.05) is 24.7 Å². The summed E-state index contributed by atoms with van der Waals surface area (Å²) >= 11 is 11.8. The van der Waals surface area contributed by atoms with Gasteiger partial charge >= 0.3 is 0 Å². The molecule has 0 aromatic carbocycles. The quantitative estimate of drug-likeness (QED) is 0.367. The van der Waals surface area contributed by atoms with E-state index in [4.69, 9.17) is 27.9 Å². The van der Waals surface area contributed by atoms with Gasteiger partial charge in [-0.3, -0.25) is 0 Å². The molecule has 0 atom stereocenters. The minimum atomic E-state index is -0.233. The topological polar surface area (TPSA) is 39.9 Å². The number of fused-ring (bicyclic) bond motifs is 1. The third-order valence-electron chi connectivity index (χ3n) is 2.52. The number of halogens is 2. The third-order valence-corrected chi connectivity index (χ3v) is 4.18. The van der Waals surface area contributed by atoms with Crippen molar-refractivity contribution >= 4 is 43.0 Å². The number of ether oxygens (including phenoxy) is 1. The maximum Gasteiger partial charge on any atom is 0.225 e. The normalized spacial score (nSPS) is 11.6. The molecule has 0 spiro atoms. The standard InChI is InChI=1S/C11H14Cl2N3OSi/c1-18(2)6-5-17-7-16-4-3-8-9(12)14-11(13)15-10(8)16/h3-4H,5-7H2,1-2H3. The van der Waals surface area contributed by atoms with E-state index < -0.39 is 0 Å². The van der Waals surface area contributed by atoms with Crippen LogP contribution in [0.25, 0.3) is 11.0 Å². The summed E-state index contributed by atoms with van der Waals surface area (Å²) < 4.78 is 7.50. The second-order valence-corrected chi connectivity index (χ2v) is 7.91. The van der Waals surface area contributed by atoms with Gasteiger partial charge in [0.05, 0.1) is 5.39 Å². The number of rotatable bonds is 5. The molecular weight excluding hydrogens is 289 g/mol. The molecule has 2 heterocycles. The first-order chi connectivity index (χ1) is 8.58. The molecule has 2 aromatic rings. The fraction of sp³-hybridized carbons (Fsp3) is 0.455. The van der Waals surface area contributed by atoms with Gasteiger partial charge < -0.3 is 9.30 Å². The van der Waals surface area contributed by atoms with E-state index in [-0.39, 0.29) is 14.1 Å². The average molecular weight is 303 g/mol. The molecule has 2 rings (SSSR count). The van der Waals surface area contributed by atoms with E-state index in [2.05, 4.69) is 23.1 Å². The van der Waals surface area contributed by atoms with Crippen LogP contribution >= 0.6 is 23.2 Å². The smallest absolute Gasteiger partial charge is 0.225 e. The molecule has 0 amide bonds. The highest BCUT2D eigenvalue weighted by Gasteiger charge is 2.09. The Balaban J connectivity index is 2.09. The number of hydrogen-bond donors (Lipinski definition) is 0. The Morgan fingerprint density at radius 2 is 2.11 bits per heavy atom. The highest BCUT2D eigenvalue weighted by molar-refractivity contribution is 6.55. The van der Waals surface area contributed by atoms with Gasteiger partial charge in [0, 0.05) is 21.6 Å². The Hall–Kier alpha value is -0.623. The zero-order valence-corrected chi connectivity index (χ0v) is 12.8. The van der Waals surface area contributed by atoms with Crippen molar-refractivity contribution in [2.75, 3.05) is 6.61 Å². The molecule has 7 heteroatoms. The van der Waals surface area contributed by atoms with Crippen molar-refractivity contribution in [3.05, 3.63) is 22.7 Å². The predicted octanol–water partition coefficient (Wildman–Crippen LogP) is 3.47. The molecular formula is C11H14Cl2N3OSi. The lowest BCUT2D eigenvalue weighted by Crippen LogP contribution is -2.08.